The van der Waals surface area contributed by atoms with Crippen molar-refractivity contribution in [3.8, 4) is 5.75 Å². The van der Waals surface area contributed by atoms with Crippen LogP contribution in [0.25, 0.3) is 0 Å². The number of hydrogen-bond acceptors (Lipinski definition) is 6. The Hall–Kier alpha value is -2.54. The minimum atomic E-state index is -0.560. The molecular formula is C20H22N2O4S. The molecule has 1 aromatic rings. The van der Waals surface area contributed by atoms with Gasteiger partial charge in [0.15, 0.2) is 5.17 Å². The van der Waals surface area contributed by atoms with Gasteiger partial charge in [0, 0.05) is 0 Å². The summed E-state index contributed by atoms with van der Waals surface area (Å²) in [6, 6.07) is 6.80. The molecule has 2 aliphatic rings. The lowest BCUT2D eigenvalue weighted by Gasteiger charge is -2.33. The lowest BCUT2D eigenvalue weighted by Crippen LogP contribution is -2.40. The van der Waals surface area contributed by atoms with Gasteiger partial charge in [-0.05, 0) is 38.5 Å². The fourth-order valence-corrected chi connectivity index (χ4v) is 4.12. The van der Waals surface area contributed by atoms with Crippen LogP contribution in [-0.4, -0.2) is 40.4 Å². The zero-order chi connectivity index (χ0) is 19.6. The summed E-state index contributed by atoms with van der Waals surface area (Å²) in [6.07, 6.45) is 1.67. The number of fused-ring (bicyclic) bond motifs is 1. The lowest BCUT2D eigenvalue weighted by molar-refractivity contribution is -0.139. The first-order valence-corrected chi connectivity index (χ1v) is 9.65. The second-order valence-corrected chi connectivity index (χ2v) is 7.46. The maximum absolute atomic E-state index is 12.8. The third kappa shape index (κ3) is 3.64. The predicted molar refractivity (Wildman–Crippen MR) is 106 cm³/mol. The van der Waals surface area contributed by atoms with Crippen LogP contribution in [0.1, 0.15) is 32.4 Å². The summed E-state index contributed by atoms with van der Waals surface area (Å²) in [4.78, 5) is 31.5. The summed E-state index contributed by atoms with van der Waals surface area (Å²) in [5, 5.41) is 0.380. The molecule has 2 atom stereocenters. The van der Waals surface area contributed by atoms with Crippen LogP contribution >= 0.6 is 11.8 Å². The summed E-state index contributed by atoms with van der Waals surface area (Å²) in [5.74, 6) is 0.175. The molecule has 142 valence electrons. The maximum Gasteiger partial charge on any atom is 0.338 e. The number of allylic oxidation sites excluding steroid dienone is 1. The van der Waals surface area contributed by atoms with E-state index in [-0.39, 0.29) is 17.8 Å². The van der Waals surface area contributed by atoms with Gasteiger partial charge in [0.1, 0.15) is 12.4 Å². The number of carbonyl (C=O) groups is 2. The number of benzene rings is 1. The molecule has 0 aromatic heterocycles. The molecule has 0 radical (unpaired) electrons. The van der Waals surface area contributed by atoms with Crippen LogP contribution in [-0.2, 0) is 14.3 Å². The van der Waals surface area contributed by atoms with Crippen molar-refractivity contribution in [3.63, 3.8) is 0 Å². The van der Waals surface area contributed by atoms with Gasteiger partial charge in [-0.2, -0.15) is 0 Å². The van der Waals surface area contributed by atoms with E-state index < -0.39 is 12.0 Å². The van der Waals surface area contributed by atoms with Gasteiger partial charge in [-0.25, -0.2) is 9.79 Å². The number of thioether (sulfide) groups is 1. The van der Waals surface area contributed by atoms with Gasteiger partial charge < -0.3 is 9.47 Å². The molecule has 1 saturated heterocycles. The number of carbonyl (C=O) groups excluding carboxylic acids is 2. The SMILES string of the molecule is C=CCOc1ccc(C2C(C(=O)OCC)=C(C)N=C3SC(C)C(=O)N32)cc1. The van der Waals surface area contributed by atoms with E-state index in [2.05, 4.69) is 11.6 Å². The Bertz CT molecular complexity index is 829. The fourth-order valence-electron chi connectivity index (χ4n) is 3.09. The van der Waals surface area contributed by atoms with E-state index in [1.165, 1.54) is 11.8 Å². The smallest absolute Gasteiger partial charge is 0.338 e. The third-order valence-corrected chi connectivity index (χ3v) is 5.37. The summed E-state index contributed by atoms with van der Waals surface area (Å²) < 4.78 is 10.8. The number of rotatable bonds is 6. The van der Waals surface area contributed by atoms with Crippen LogP contribution in [0.4, 0.5) is 0 Å². The standard InChI is InChI=1S/C20H22N2O4S/c1-5-11-26-15-9-7-14(8-10-15)17-16(19(24)25-6-2)12(3)21-20-22(17)18(23)13(4)27-20/h5,7-10,13,17H,1,6,11H2,2-4H3. The van der Waals surface area contributed by atoms with Crippen molar-refractivity contribution in [1.29, 1.82) is 0 Å². The Morgan fingerprint density at radius 2 is 2.07 bits per heavy atom. The second-order valence-electron chi connectivity index (χ2n) is 6.15. The van der Waals surface area contributed by atoms with Crippen LogP contribution in [0.3, 0.4) is 0 Å². The first kappa shape index (κ1) is 19.2. The zero-order valence-electron chi connectivity index (χ0n) is 15.6. The third-order valence-electron chi connectivity index (χ3n) is 4.32. The van der Waals surface area contributed by atoms with Crippen LogP contribution < -0.4 is 4.74 Å². The molecule has 0 saturated carbocycles. The van der Waals surface area contributed by atoms with Crippen molar-refractivity contribution in [1.82, 2.24) is 4.90 Å². The van der Waals surface area contributed by atoms with E-state index in [1.54, 1.807) is 24.8 Å². The van der Waals surface area contributed by atoms with Crippen LogP contribution in [0, 0.1) is 0 Å². The van der Waals surface area contributed by atoms with Gasteiger partial charge >= 0.3 is 5.97 Å². The topological polar surface area (TPSA) is 68.2 Å². The molecule has 6 nitrogen and oxygen atoms in total. The average molecular weight is 386 g/mol. The number of amidine groups is 1. The van der Waals surface area contributed by atoms with E-state index in [0.29, 0.717) is 28.8 Å². The molecule has 2 heterocycles. The van der Waals surface area contributed by atoms with Gasteiger partial charge in [0.05, 0.1) is 29.2 Å². The van der Waals surface area contributed by atoms with Crippen molar-refractivity contribution < 1.29 is 19.1 Å². The van der Waals surface area contributed by atoms with Gasteiger partial charge in [0.2, 0.25) is 5.91 Å². The molecule has 1 fully saturated rings. The zero-order valence-corrected chi connectivity index (χ0v) is 16.4. The first-order chi connectivity index (χ1) is 13.0. The van der Waals surface area contributed by atoms with Crippen molar-refractivity contribution >= 4 is 28.8 Å². The highest BCUT2D eigenvalue weighted by molar-refractivity contribution is 8.15. The average Bonchev–Trinajstić information content (AvgIpc) is 2.93. The summed E-state index contributed by atoms with van der Waals surface area (Å²) in [7, 11) is 0. The van der Waals surface area contributed by atoms with Crippen LogP contribution in [0.15, 0.2) is 53.2 Å². The Morgan fingerprint density at radius 3 is 2.70 bits per heavy atom. The summed E-state index contributed by atoms with van der Waals surface area (Å²) >= 11 is 1.41. The fraction of sp³-hybridized carbons (Fsp3) is 0.350. The van der Waals surface area contributed by atoms with Gasteiger partial charge in [-0.3, -0.25) is 9.69 Å². The monoisotopic (exact) mass is 386 g/mol. The molecule has 27 heavy (non-hydrogen) atoms. The Morgan fingerprint density at radius 1 is 1.37 bits per heavy atom. The van der Waals surface area contributed by atoms with Gasteiger partial charge in [-0.1, -0.05) is 36.5 Å². The summed E-state index contributed by atoms with van der Waals surface area (Å²) in [5.41, 5.74) is 1.77. The van der Waals surface area contributed by atoms with Crippen LogP contribution in [0.2, 0.25) is 0 Å². The molecule has 2 unspecified atom stereocenters. The highest BCUT2D eigenvalue weighted by atomic mass is 32.2. The Labute approximate surface area is 162 Å². The largest absolute Gasteiger partial charge is 0.490 e. The quantitative estimate of drug-likeness (QED) is 0.553. The van der Waals surface area contributed by atoms with Crippen molar-refractivity contribution in [2.24, 2.45) is 4.99 Å². The normalized spacial score (nSPS) is 21.7. The molecule has 7 heteroatoms. The molecule has 0 N–H and O–H groups in total. The number of esters is 1. The highest BCUT2D eigenvalue weighted by Crippen LogP contribution is 2.43. The predicted octanol–water partition coefficient (Wildman–Crippen LogP) is 3.46. The van der Waals surface area contributed by atoms with Crippen molar-refractivity contribution in [2.75, 3.05) is 13.2 Å². The number of ether oxygens (including phenoxy) is 2. The van der Waals surface area contributed by atoms with Crippen LogP contribution in [0.5, 0.6) is 5.75 Å². The number of aliphatic imine (C=N–C) groups is 1. The number of hydrogen-bond donors (Lipinski definition) is 0. The van der Waals surface area contributed by atoms with E-state index in [9.17, 15) is 9.59 Å². The molecule has 0 aliphatic carbocycles. The van der Waals surface area contributed by atoms with E-state index in [4.69, 9.17) is 9.47 Å². The van der Waals surface area contributed by atoms with Crippen molar-refractivity contribution in [3.05, 3.63) is 53.8 Å². The lowest BCUT2D eigenvalue weighted by atomic mass is 9.94. The number of nitrogens with zero attached hydrogens (tertiary/aromatic N) is 2. The van der Waals surface area contributed by atoms with Gasteiger partial charge in [0.25, 0.3) is 0 Å². The molecule has 3 rings (SSSR count). The van der Waals surface area contributed by atoms with Crippen molar-refractivity contribution in [2.45, 2.75) is 32.1 Å². The highest BCUT2D eigenvalue weighted by Gasteiger charge is 2.46. The van der Waals surface area contributed by atoms with Gasteiger partial charge in [-0.15, -0.1) is 0 Å². The second kappa shape index (κ2) is 8.00. The van der Waals surface area contributed by atoms with E-state index in [0.717, 1.165) is 5.56 Å². The number of amides is 1. The molecule has 1 amide bonds. The molecule has 0 spiro atoms. The van der Waals surface area contributed by atoms with E-state index in [1.807, 2.05) is 31.2 Å². The molecule has 0 bridgehead atoms. The molecule has 2 aliphatic heterocycles. The Kier molecular flexibility index (Phi) is 5.70. The first-order valence-electron chi connectivity index (χ1n) is 8.77. The summed E-state index contributed by atoms with van der Waals surface area (Å²) in [6.45, 7) is 9.67. The molecular weight excluding hydrogens is 364 g/mol. The minimum absolute atomic E-state index is 0.0648. The molecule has 1 aromatic carbocycles. The maximum atomic E-state index is 12.8. The van der Waals surface area contributed by atoms with E-state index >= 15 is 0 Å². The Balaban J connectivity index is 2.04. The minimum Gasteiger partial charge on any atom is -0.490 e.